The molecular weight excluding hydrogens is 302 g/mol. The van der Waals surface area contributed by atoms with Crippen LogP contribution in [0.5, 0.6) is 0 Å². The van der Waals surface area contributed by atoms with Gasteiger partial charge < -0.3 is 0 Å². The smallest absolute Gasteiger partial charge is 0.151 e. The highest BCUT2D eigenvalue weighted by atomic mass is 127. The average molecular weight is 306 g/mol. The first kappa shape index (κ1) is 9.08. The summed E-state index contributed by atoms with van der Waals surface area (Å²) in [7, 11) is 0. The number of rotatable bonds is 1. The topological polar surface area (TPSA) is 17.1 Å². The first-order chi connectivity index (χ1) is 6.24. The van der Waals surface area contributed by atoms with Gasteiger partial charge in [-0.25, -0.2) is 4.39 Å². The first-order valence-electron chi connectivity index (χ1n) is 3.54. The zero-order valence-electron chi connectivity index (χ0n) is 6.38. The number of carbonyl (C=O) groups is 1. The quantitative estimate of drug-likeness (QED) is 0.582. The highest BCUT2D eigenvalue weighted by Gasteiger charge is 2.10. The molecule has 0 aliphatic rings. The van der Waals surface area contributed by atoms with Crippen molar-refractivity contribution in [2.45, 2.75) is 0 Å². The molecule has 1 aromatic heterocycles. The van der Waals surface area contributed by atoms with Crippen LogP contribution in [0.25, 0.3) is 10.1 Å². The van der Waals surface area contributed by atoms with Crippen LogP contribution in [0.1, 0.15) is 10.4 Å². The lowest BCUT2D eigenvalue weighted by Crippen LogP contribution is -1.86. The SMILES string of the molecule is O=Cc1ccc2scc(F)c2c1I. The normalized spacial score (nSPS) is 10.6. The summed E-state index contributed by atoms with van der Waals surface area (Å²) in [6, 6.07) is 3.49. The van der Waals surface area contributed by atoms with Gasteiger partial charge in [-0.1, -0.05) is 0 Å². The van der Waals surface area contributed by atoms with Crippen molar-refractivity contribution in [1.82, 2.24) is 0 Å². The maximum Gasteiger partial charge on any atom is 0.151 e. The molecule has 0 spiro atoms. The summed E-state index contributed by atoms with van der Waals surface area (Å²) in [6.45, 7) is 0. The Morgan fingerprint density at radius 3 is 2.92 bits per heavy atom. The summed E-state index contributed by atoms with van der Waals surface area (Å²) in [4.78, 5) is 10.6. The third-order valence-corrected chi connectivity index (χ3v) is 3.87. The van der Waals surface area contributed by atoms with Gasteiger partial charge in [0.2, 0.25) is 0 Å². The molecule has 1 aromatic carbocycles. The summed E-state index contributed by atoms with van der Waals surface area (Å²) in [6.07, 6.45) is 0.748. The van der Waals surface area contributed by atoms with Crippen molar-refractivity contribution in [2.75, 3.05) is 0 Å². The van der Waals surface area contributed by atoms with Gasteiger partial charge in [-0.2, -0.15) is 0 Å². The molecule has 4 heteroatoms. The van der Waals surface area contributed by atoms with Crippen LogP contribution in [0.4, 0.5) is 4.39 Å². The lowest BCUT2D eigenvalue weighted by Gasteiger charge is -1.97. The van der Waals surface area contributed by atoms with E-state index in [1.54, 1.807) is 12.1 Å². The van der Waals surface area contributed by atoms with Crippen molar-refractivity contribution >= 4 is 50.3 Å². The molecule has 0 amide bonds. The Labute approximate surface area is 91.7 Å². The number of hydrogen-bond acceptors (Lipinski definition) is 2. The highest BCUT2D eigenvalue weighted by Crippen LogP contribution is 2.30. The Morgan fingerprint density at radius 2 is 2.23 bits per heavy atom. The van der Waals surface area contributed by atoms with Crippen LogP contribution in [0.15, 0.2) is 17.5 Å². The van der Waals surface area contributed by atoms with Crippen LogP contribution in [-0.2, 0) is 0 Å². The average Bonchev–Trinajstić information content (AvgIpc) is 2.49. The van der Waals surface area contributed by atoms with Crippen molar-refractivity contribution in [3.05, 3.63) is 32.5 Å². The highest BCUT2D eigenvalue weighted by molar-refractivity contribution is 14.1. The number of carbonyl (C=O) groups excluding carboxylic acids is 1. The van der Waals surface area contributed by atoms with E-state index in [2.05, 4.69) is 0 Å². The Kier molecular flexibility index (Phi) is 2.33. The summed E-state index contributed by atoms with van der Waals surface area (Å²) in [5.74, 6) is -0.242. The van der Waals surface area contributed by atoms with E-state index in [1.807, 2.05) is 22.6 Å². The van der Waals surface area contributed by atoms with Crippen LogP contribution >= 0.6 is 33.9 Å². The van der Waals surface area contributed by atoms with E-state index in [0.717, 1.165) is 11.0 Å². The molecule has 0 radical (unpaired) electrons. The monoisotopic (exact) mass is 306 g/mol. The minimum Gasteiger partial charge on any atom is -0.298 e. The standard InChI is InChI=1S/C9H4FIOS/c10-6-4-13-7-2-1-5(3-12)9(11)8(6)7/h1-4H. The number of thiophene rings is 1. The maximum atomic E-state index is 13.2. The molecule has 1 heterocycles. The molecule has 0 saturated carbocycles. The Bertz CT molecular complexity index is 478. The van der Waals surface area contributed by atoms with E-state index in [-0.39, 0.29) is 5.82 Å². The molecule has 0 aliphatic carbocycles. The van der Waals surface area contributed by atoms with E-state index in [4.69, 9.17) is 0 Å². The maximum absolute atomic E-state index is 13.2. The Hall–Kier alpha value is -0.490. The second-order valence-corrected chi connectivity index (χ2v) is 4.53. The molecule has 13 heavy (non-hydrogen) atoms. The molecule has 2 rings (SSSR count). The molecule has 0 unspecified atom stereocenters. The van der Waals surface area contributed by atoms with E-state index in [0.29, 0.717) is 14.5 Å². The minimum atomic E-state index is -0.242. The molecule has 0 N–H and O–H groups in total. The summed E-state index contributed by atoms with van der Waals surface area (Å²) < 4.78 is 14.8. The van der Waals surface area contributed by atoms with Crippen LogP contribution in [0, 0.1) is 9.39 Å². The lowest BCUT2D eigenvalue weighted by molar-refractivity contribution is 0.112. The van der Waals surface area contributed by atoms with Crippen LogP contribution in [0.3, 0.4) is 0 Å². The van der Waals surface area contributed by atoms with E-state index in [9.17, 15) is 9.18 Å². The molecule has 66 valence electrons. The van der Waals surface area contributed by atoms with Crippen LogP contribution in [0.2, 0.25) is 0 Å². The molecule has 0 aliphatic heterocycles. The Balaban J connectivity index is 2.91. The van der Waals surface area contributed by atoms with Gasteiger partial charge in [0.05, 0.1) is 0 Å². The molecule has 1 nitrogen and oxygen atoms in total. The van der Waals surface area contributed by atoms with E-state index >= 15 is 0 Å². The fourth-order valence-electron chi connectivity index (χ4n) is 1.16. The zero-order chi connectivity index (χ0) is 9.42. The van der Waals surface area contributed by atoms with Gasteiger partial charge in [-0.15, -0.1) is 11.3 Å². The fraction of sp³-hybridized carbons (Fsp3) is 0. The van der Waals surface area contributed by atoms with Crippen molar-refractivity contribution in [2.24, 2.45) is 0 Å². The molecule has 0 atom stereocenters. The van der Waals surface area contributed by atoms with Gasteiger partial charge in [0.1, 0.15) is 5.82 Å². The molecule has 0 fully saturated rings. The second-order valence-electron chi connectivity index (χ2n) is 2.54. The first-order valence-corrected chi connectivity index (χ1v) is 5.50. The van der Waals surface area contributed by atoms with Crippen molar-refractivity contribution in [3.8, 4) is 0 Å². The third-order valence-electron chi connectivity index (χ3n) is 1.79. The second kappa shape index (κ2) is 3.34. The van der Waals surface area contributed by atoms with Gasteiger partial charge in [0.25, 0.3) is 0 Å². The minimum absolute atomic E-state index is 0.242. The third kappa shape index (κ3) is 1.38. The van der Waals surface area contributed by atoms with Gasteiger partial charge in [0, 0.05) is 24.6 Å². The molecule has 0 bridgehead atoms. The van der Waals surface area contributed by atoms with E-state index in [1.165, 1.54) is 16.7 Å². The van der Waals surface area contributed by atoms with Gasteiger partial charge in [-0.05, 0) is 34.7 Å². The number of fused-ring (bicyclic) bond motifs is 1. The van der Waals surface area contributed by atoms with Gasteiger partial charge in [0.15, 0.2) is 6.29 Å². The van der Waals surface area contributed by atoms with Crippen molar-refractivity contribution in [3.63, 3.8) is 0 Å². The van der Waals surface area contributed by atoms with Crippen molar-refractivity contribution < 1.29 is 9.18 Å². The number of benzene rings is 1. The Morgan fingerprint density at radius 1 is 1.46 bits per heavy atom. The summed E-state index contributed by atoms with van der Waals surface area (Å²) in [5, 5.41) is 2.02. The fourth-order valence-corrected chi connectivity index (χ4v) is 3.01. The zero-order valence-corrected chi connectivity index (χ0v) is 9.36. The van der Waals surface area contributed by atoms with Crippen molar-refractivity contribution in [1.29, 1.82) is 0 Å². The largest absolute Gasteiger partial charge is 0.298 e. The summed E-state index contributed by atoms with van der Waals surface area (Å²) >= 11 is 3.35. The number of aldehydes is 1. The van der Waals surface area contributed by atoms with E-state index < -0.39 is 0 Å². The lowest BCUT2D eigenvalue weighted by atomic mass is 10.2. The summed E-state index contributed by atoms with van der Waals surface area (Å²) in [5.41, 5.74) is 0.547. The van der Waals surface area contributed by atoms with Crippen LogP contribution < -0.4 is 0 Å². The molecular formula is C9H4FIOS. The molecule has 0 saturated heterocycles. The van der Waals surface area contributed by atoms with Gasteiger partial charge >= 0.3 is 0 Å². The molecule has 2 aromatic rings. The van der Waals surface area contributed by atoms with Gasteiger partial charge in [-0.3, -0.25) is 4.79 Å². The number of halogens is 2. The van der Waals surface area contributed by atoms with Crippen LogP contribution in [-0.4, -0.2) is 6.29 Å². The predicted molar refractivity (Wildman–Crippen MR) is 59.9 cm³/mol. The number of hydrogen-bond donors (Lipinski definition) is 0. The predicted octanol–water partition coefficient (Wildman–Crippen LogP) is 3.46.